The summed E-state index contributed by atoms with van der Waals surface area (Å²) in [6.07, 6.45) is -1.52. The van der Waals surface area contributed by atoms with E-state index in [1.165, 1.54) is 6.92 Å². The first-order valence-electron chi connectivity index (χ1n) is 5.58. The molecule has 1 rings (SSSR count). The Morgan fingerprint density at radius 1 is 1.33 bits per heavy atom. The molecule has 0 heterocycles. The molecule has 1 atom stereocenters. The highest BCUT2D eigenvalue weighted by atomic mass is 127. The Bertz CT molecular complexity index is 585. The zero-order chi connectivity index (χ0) is 16.2. The van der Waals surface area contributed by atoms with Crippen molar-refractivity contribution < 1.29 is 24.2 Å². The highest BCUT2D eigenvalue weighted by Gasteiger charge is 2.18. The van der Waals surface area contributed by atoms with Crippen molar-refractivity contribution in [3.05, 3.63) is 40.6 Å². The summed E-state index contributed by atoms with van der Waals surface area (Å²) in [4.78, 5) is 23.2. The van der Waals surface area contributed by atoms with Crippen LogP contribution in [0.3, 0.4) is 0 Å². The zero-order valence-electron chi connectivity index (χ0n) is 10.9. The van der Waals surface area contributed by atoms with Gasteiger partial charge in [0.15, 0.2) is 6.61 Å². The van der Waals surface area contributed by atoms with Crippen LogP contribution < -0.4 is 0 Å². The van der Waals surface area contributed by atoms with Crippen LogP contribution >= 0.6 is 67.8 Å². The minimum Gasteiger partial charge on any atom is -0.455 e. The molecule has 1 aromatic rings. The lowest BCUT2D eigenvalue weighted by Gasteiger charge is -2.13. The molecule has 0 aliphatic carbocycles. The minimum atomic E-state index is -1.52. The molecular weight excluding hydrogens is 617 g/mol. The van der Waals surface area contributed by atoms with Crippen LogP contribution in [0, 0.1) is 10.7 Å². The van der Waals surface area contributed by atoms with E-state index >= 15 is 0 Å². The number of ether oxygens (including phenoxy) is 2. The Balaban J connectivity index is 2.66. The van der Waals surface area contributed by atoms with E-state index in [0.717, 1.165) is 10.7 Å². The van der Waals surface area contributed by atoms with E-state index in [1.54, 1.807) is 6.07 Å². The molecule has 1 N–H and O–H groups in total. The van der Waals surface area contributed by atoms with Crippen molar-refractivity contribution in [3.8, 4) is 0 Å². The van der Waals surface area contributed by atoms with Gasteiger partial charge < -0.3 is 14.6 Å². The largest absolute Gasteiger partial charge is 0.455 e. The summed E-state index contributed by atoms with van der Waals surface area (Å²) in [5, 5.41) is 9.48. The van der Waals surface area contributed by atoms with Crippen molar-refractivity contribution in [2.45, 2.75) is 13.2 Å². The molecule has 0 saturated heterocycles. The molecule has 0 saturated carbocycles. The van der Waals surface area contributed by atoms with Gasteiger partial charge in [0.1, 0.15) is 0 Å². The lowest BCUT2D eigenvalue weighted by molar-refractivity contribution is -0.169. The van der Waals surface area contributed by atoms with E-state index in [4.69, 9.17) is 4.74 Å². The van der Waals surface area contributed by atoms with Crippen LogP contribution in [0.1, 0.15) is 17.3 Å². The number of hydrogen-bond acceptors (Lipinski definition) is 5. The van der Waals surface area contributed by atoms with Crippen LogP contribution in [0.5, 0.6) is 0 Å². The second-order valence-corrected chi connectivity index (χ2v) is 7.47. The molecule has 0 amide bonds. The Morgan fingerprint density at radius 3 is 2.52 bits per heavy atom. The summed E-state index contributed by atoms with van der Waals surface area (Å²) in [6.45, 7) is 4.41. The lowest BCUT2D eigenvalue weighted by atomic mass is 10.2. The van der Waals surface area contributed by atoms with E-state index in [0.29, 0.717) is 5.56 Å². The standard InChI is InChI=1S/C13H11I3O5/c1-6(2)12(18)21-10(17)5-20-13(19)8-3-7(14)4-9(15)11(8)16/h3-4,10,17H,1,5H2,2H3. The van der Waals surface area contributed by atoms with Crippen molar-refractivity contribution in [2.75, 3.05) is 6.61 Å². The van der Waals surface area contributed by atoms with Gasteiger partial charge in [-0.25, -0.2) is 9.59 Å². The van der Waals surface area contributed by atoms with E-state index in [1.807, 2.05) is 6.07 Å². The van der Waals surface area contributed by atoms with Gasteiger partial charge in [-0.05, 0) is 86.8 Å². The second kappa shape index (κ2) is 8.62. The van der Waals surface area contributed by atoms with Crippen LogP contribution in [0.15, 0.2) is 24.3 Å². The van der Waals surface area contributed by atoms with Gasteiger partial charge in [-0.1, -0.05) is 6.58 Å². The van der Waals surface area contributed by atoms with Gasteiger partial charge in [0.25, 0.3) is 0 Å². The predicted molar refractivity (Wildman–Crippen MR) is 102 cm³/mol. The monoisotopic (exact) mass is 628 g/mol. The van der Waals surface area contributed by atoms with E-state index < -0.39 is 24.8 Å². The van der Waals surface area contributed by atoms with Gasteiger partial charge in [0.05, 0.1) is 5.56 Å². The molecule has 5 nitrogen and oxygen atoms in total. The van der Waals surface area contributed by atoms with Crippen LogP contribution in [0.25, 0.3) is 0 Å². The maximum absolute atomic E-state index is 12.0. The molecule has 114 valence electrons. The maximum atomic E-state index is 12.0. The third-order valence-corrected chi connectivity index (χ3v) is 5.83. The number of carbonyl (C=O) groups is 2. The minimum absolute atomic E-state index is 0.155. The van der Waals surface area contributed by atoms with Crippen LogP contribution in [-0.4, -0.2) is 29.9 Å². The summed E-state index contributed by atoms with van der Waals surface area (Å²) in [5.74, 6) is -1.32. The van der Waals surface area contributed by atoms with Gasteiger partial charge in [0, 0.05) is 16.3 Å². The number of esters is 2. The number of rotatable bonds is 5. The molecule has 0 spiro atoms. The number of halogens is 3. The van der Waals surface area contributed by atoms with E-state index in [2.05, 4.69) is 79.1 Å². The van der Waals surface area contributed by atoms with Crippen molar-refractivity contribution in [3.63, 3.8) is 0 Å². The lowest BCUT2D eigenvalue weighted by Crippen LogP contribution is -2.25. The molecule has 0 fully saturated rings. The van der Waals surface area contributed by atoms with Gasteiger partial charge in [-0.15, -0.1) is 0 Å². The Morgan fingerprint density at radius 2 is 1.95 bits per heavy atom. The van der Waals surface area contributed by atoms with Crippen molar-refractivity contribution in [1.29, 1.82) is 0 Å². The number of carbonyl (C=O) groups excluding carboxylic acids is 2. The van der Waals surface area contributed by atoms with Gasteiger partial charge in [-0.3, -0.25) is 0 Å². The first-order valence-corrected chi connectivity index (χ1v) is 8.82. The molecule has 0 aliphatic heterocycles. The normalized spacial score (nSPS) is 11.7. The molecule has 1 aromatic carbocycles. The number of aliphatic hydroxyl groups is 1. The fraction of sp³-hybridized carbons (Fsp3) is 0.231. The summed E-state index contributed by atoms with van der Waals surface area (Å²) >= 11 is 6.28. The van der Waals surface area contributed by atoms with Gasteiger partial charge >= 0.3 is 11.9 Å². The Labute approximate surface area is 162 Å². The topological polar surface area (TPSA) is 72.8 Å². The SMILES string of the molecule is C=C(C)C(=O)OC(O)COC(=O)c1cc(I)cc(I)c1I. The summed E-state index contributed by atoms with van der Waals surface area (Å²) < 4.78 is 12.2. The highest BCUT2D eigenvalue weighted by Crippen LogP contribution is 2.23. The number of aliphatic hydroxyl groups excluding tert-OH is 1. The van der Waals surface area contributed by atoms with E-state index in [9.17, 15) is 14.7 Å². The van der Waals surface area contributed by atoms with Gasteiger partial charge in [0.2, 0.25) is 6.29 Å². The average Bonchev–Trinajstić information content (AvgIpc) is 2.39. The molecule has 0 bridgehead atoms. The van der Waals surface area contributed by atoms with Crippen molar-refractivity contribution in [1.82, 2.24) is 0 Å². The van der Waals surface area contributed by atoms with Crippen molar-refractivity contribution in [2.24, 2.45) is 0 Å². The third-order valence-electron chi connectivity index (χ3n) is 2.16. The first-order chi connectivity index (χ1) is 9.72. The summed E-state index contributed by atoms with van der Waals surface area (Å²) in [7, 11) is 0. The predicted octanol–water partition coefficient (Wildman–Crippen LogP) is 3.09. The molecule has 0 aliphatic rings. The average molecular weight is 628 g/mol. The molecular formula is C13H11I3O5. The van der Waals surface area contributed by atoms with E-state index in [-0.39, 0.29) is 5.57 Å². The van der Waals surface area contributed by atoms with Gasteiger partial charge in [-0.2, -0.15) is 0 Å². The molecule has 0 aromatic heterocycles. The van der Waals surface area contributed by atoms with Crippen molar-refractivity contribution >= 4 is 79.7 Å². The van der Waals surface area contributed by atoms with Crippen LogP contribution in [0.2, 0.25) is 0 Å². The number of hydrogen-bond donors (Lipinski definition) is 1. The summed E-state index contributed by atoms with van der Waals surface area (Å²) in [6, 6.07) is 3.63. The smallest absolute Gasteiger partial charge is 0.339 e. The Hall–Kier alpha value is 0.0500. The number of benzene rings is 1. The van der Waals surface area contributed by atoms with Crippen LogP contribution in [-0.2, 0) is 14.3 Å². The second-order valence-electron chi connectivity index (χ2n) is 3.99. The molecule has 8 heteroatoms. The third kappa shape index (κ3) is 5.98. The van der Waals surface area contributed by atoms with Crippen LogP contribution in [0.4, 0.5) is 0 Å². The molecule has 0 radical (unpaired) electrons. The fourth-order valence-corrected chi connectivity index (χ4v) is 3.56. The summed E-state index contributed by atoms with van der Waals surface area (Å²) in [5.41, 5.74) is 0.562. The molecule has 21 heavy (non-hydrogen) atoms. The maximum Gasteiger partial charge on any atom is 0.339 e. The fourth-order valence-electron chi connectivity index (χ4n) is 1.19. The quantitative estimate of drug-likeness (QED) is 0.179. The molecule has 1 unspecified atom stereocenters. The highest BCUT2D eigenvalue weighted by molar-refractivity contribution is 14.1. The first kappa shape index (κ1) is 19.1. The zero-order valence-corrected chi connectivity index (χ0v) is 17.3. The Kier molecular flexibility index (Phi) is 7.84.